The fourth-order valence-corrected chi connectivity index (χ4v) is 15.2. The Morgan fingerprint density at radius 3 is 1.98 bits per heavy atom. The Labute approximate surface area is 318 Å². The number of carbonyl (C=O) groups excluding carboxylic acids is 2. The monoisotopic (exact) mass is 721 g/mol. The molecule has 11 atom stereocenters. The van der Waals surface area contributed by atoms with E-state index in [4.69, 9.17) is 9.47 Å². The second-order valence-corrected chi connectivity index (χ2v) is 20.7. The standard InChI is InChI=1S/C46H76N2O4/c1-32(2)34-14-15-35-33(31-51-40(49)20-28-47-24-10-8-11-25-47)30-46(7)36(42(34)35)16-17-38-44(5)22-19-39(43(3,4)37(44)18-23-45(38,46)6)52-41(50)21-29-48-26-12-9-13-27-48/h33-39,42H,1,8-31H2,2-7H3/t33-,34?,35?,36?,37?,38?,39+,42?,44+,45-,46-/m1/s1. The van der Waals surface area contributed by atoms with E-state index < -0.39 is 0 Å². The molecule has 0 aromatic rings. The number of hydrogen-bond donors (Lipinski definition) is 0. The molecule has 0 radical (unpaired) electrons. The van der Waals surface area contributed by atoms with Crippen molar-refractivity contribution < 1.29 is 19.1 Å². The lowest BCUT2D eigenvalue weighted by Crippen LogP contribution is -2.67. The van der Waals surface area contributed by atoms with Gasteiger partial charge in [0.15, 0.2) is 0 Å². The number of nitrogens with zero attached hydrogens (tertiary/aromatic N) is 2. The first-order valence-electron chi connectivity index (χ1n) is 22.2. The van der Waals surface area contributed by atoms with E-state index in [2.05, 4.69) is 57.9 Å². The normalized spacial score (nSPS) is 43.3. The second-order valence-electron chi connectivity index (χ2n) is 20.7. The van der Waals surface area contributed by atoms with Crippen molar-refractivity contribution in [3.63, 3.8) is 0 Å². The molecule has 5 saturated carbocycles. The van der Waals surface area contributed by atoms with Crippen LogP contribution in [0.15, 0.2) is 12.2 Å². The van der Waals surface area contributed by atoms with Gasteiger partial charge in [0.1, 0.15) is 6.10 Å². The fraction of sp³-hybridized carbons (Fsp3) is 0.913. The van der Waals surface area contributed by atoms with Crippen LogP contribution in [-0.4, -0.2) is 73.7 Å². The van der Waals surface area contributed by atoms with Crippen molar-refractivity contribution in [2.45, 2.75) is 157 Å². The molecule has 2 saturated heterocycles. The van der Waals surface area contributed by atoms with Gasteiger partial charge in [0.2, 0.25) is 0 Å². The van der Waals surface area contributed by atoms with Gasteiger partial charge >= 0.3 is 11.9 Å². The van der Waals surface area contributed by atoms with Crippen molar-refractivity contribution in [3.05, 3.63) is 12.2 Å². The van der Waals surface area contributed by atoms with Gasteiger partial charge in [0.05, 0.1) is 19.4 Å². The van der Waals surface area contributed by atoms with E-state index in [1.165, 1.54) is 89.0 Å². The van der Waals surface area contributed by atoms with Crippen LogP contribution in [0.25, 0.3) is 0 Å². The molecular formula is C46H76N2O4. The highest BCUT2D eigenvalue weighted by Gasteiger charge is 2.70. The van der Waals surface area contributed by atoms with Gasteiger partial charge in [-0.15, -0.1) is 0 Å². The summed E-state index contributed by atoms with van der Waals surface area (Å²) in [4.78, 5) is 31.4. The lowest BCUT2D eigenvalue weighted by molar-refractivity contribution is -0.251. The van der Waals surface area contributed by atoms with Gasteiger partial charge in [0, 0.05) is 18.5 Å². The maximum Gasteiger partial charge on any atom is 0.307 e. The van der Waals surface area contributed by atoms with Crippen molar-refractivity contribution in [1.29, 1.82) is 0 Å². The number of esters is 2. The summed E-state index contributed by atoms with van der Waals surface area (Å²) in [5, 5.41) is 0. The quantitative estimate of drug-likeness (QED) is 0.166. The van der Waals surface area contributed by atoms with Crippen molar-refractivity contribution in [2.75, 3.05) is 45.9 Å². The third-order valence-electron chi connectivity index (χ3n) is 17.9. The average Bonchev–Trinajstić information content (AvgIpc) is 3.57. The molecule has 6 nitrogen and oxygen atoms in total. The summed E-state index contributed by atoms with van der Waals surface area (Å²) in [7, 11) is 0. The van der Waals surface area contributed by atoms with Gasteiger partial charge in [-0.05, 0) is 174 Å². The summed E-state index contributed by atoms with van der Waals surface area (Å²) in [5.74, 6) is 4.27. The van der Waals surface area contributed by atoms with Crippen molar-refractivity contribution in [3.8, 4) is 0 Å². The van der Waals surface area contributed by atoms with E-state index in [-0.39, 0.29) is 39.7 Å². The van der Waals surface area contributed by atoms with Crippen LogP contribution in [0.3, 0.4) is 0 Å². The molecular weight excluding hydrogens is 645 g/mol. The van der Waals surface area contributed by atoms with Crippen LogP contribution in [0.4, 0.5) is 0 Å². The van der Waals surface area contributed by atoms with Crippen molar-refractivity contribution >= 4 is 11.9 Å². The molecule has 2 heterocycles. The molecule has 0 bridgehead atoms. The molecule has 7 rings (SSSR count). The van der Waals surface area contributed by atoms with E-state index in [1.54, 1.807) is 0 Å². The highest BCUT2D eigenvalue weighted by Crippen LogP contribution is 2.76. The Bertz CT molecular complexity index is 1300. The molecule has 0 amide bonds. The number of rotatable bonds is 10. The van der Waals surface area contributed by atoms with Gasteiger partial charge in [-0.1, -0.05) is 59.6 Å². The van der Waals surface area contributed by atoms with Crippen LogP contribution in [0.2, 0.25) is 0 Å². The van der Waals surface area contributed by atoms with Gasteiger partial charge in [-0.25, -0.2) is 0 Å². The molecule has 0 spiro atoms. The van der Waals surface area contributed by atoms with E-state index in [9.17, 15) is 9.59 Å². The van der Waals surface area contributed by atoms with E-state index in [0.29, 0.717) is 60.9 Å². The third-order valence-corrected chi connectivity index (χ3v) is 17.9. The zero-order valence-corrected chi connectivity index (χ0v) is 34.3. The summed E-state index contributed by atoms with van der Waals surface area (Å²) >= 11 is 0. The minimum absolute atomic E-state index is 0.00921. The molecule has 52 heavy (non-hydrogen) atoms. The molecule has 2 aliphatic heterocycles. The minimum Gasteiger partial charge on any atom is -0.465 e. The molecule has 0 aromatic heterocycles. The number of hydrogen-bond acceptors (Lipinski definition) is 6. The van der Waals surface area contributed by atoms with Gasteiger partial charge < -0.3 is 19.3 Å². The van der Waals surface area contributed by atoms with Crippen LogP contribution >= 0.6 is 0 Å². The Hall–Kier alpha value is -1.40. The summed E-state index contributed by atoms with van der Waals surface area (Å²) in [5.41, 5.74) is 2.01. The van der Waals surface area contributed by atoms with Crippen LogP contribution in [0.5, 0.6) is 0 Å². The first-order valence-corrected chi connectivity index (χ1v) is 22.2. The molecule has 6 heteroatoms. The van der Waals surface area contributed by atoms with Crippen LogP contribution < -0.4 is 0 Å². The van der Waals surface area contributed by atoms with E-state index in [0.717, 1.165) is 52.1 Å². The topological polar surface area (TPSA) is 59.1 Å². The Morgan fingerprint density at radius 1 is 0.712 bits per heavy atom. The Morgan fingerprint density at radius 2 is 1.35 bits per heavy atom. The summed E-state index contributed by atoms with van der Waals surface area (Å²) in [6, 6.07) is 0. The first kappa shape index (κ1) is 38.9. The molecule has 0 N–H and O–H groups in total. The number of ether oxygens (including phenoxy) is 2. The maximum atomic E-state index is 13.3. The minimum atomic E-state index is -0.0358. The van der Waals surface area contributed by atoms with E-state index in [1.807, 2.05) is 0 Å². The average molecular weight is 721 g/mol. The first-order chi connectivity index (χ1) is 24.8. The number of fused-ring (bicyclic) bond motifs is 7. The maximum absolute atomic E-state index is 13.3. The molecule has 7 aliphatic rings. The van der Waals surface area contributed by atoms with E-state index >= 15 is 0 Å². The molecule has 6 unspecified atom stereocenters. The predicted octanol–water partition coefficient (Wildman–Crippen LogP) is 9.71. The lowest BCUT2D eigenvalue weighted by atomic mass is 9.32. The fourth-order valence-electron chi connectivity index (χ4n) is 15.2. The third kappa shape index (κ3) is 6.98. The number of allylic oxidation sites excluding steroid dienone is 1. The smallest absolute Gasteiger partial charge is 0.307 e. The highest BCUT2D eigenvalue weighted by molar-refractivity contribution is 5.70. The zero-order chi connectivity index (χ0) is 36.9. The number of piperidine rings is 2. The largest absolute Gasteiger partial charge is 0.465 e. The zero-order valence-electron chi connectivity index (χ0n) is 34.3. The van der Waals surface area contributed by atoms with Crippen LogP contribution in [0.1, 0.15) is 151 Å². The van der Waals surface area contributed by atoms with Crippen LogP contribution in [0, 0.1) is 63.1 Å². The van der Waals surface area contributed by atoms with Crippen LogP contribution in [-0.2, 0) is 19.1 Å². The van der Waals surface area contributed by atoms with Gasteiger partial charge in [0.25, 0.3) is 0 Å². The Balaban J connectivity index is 1.06. The van der Waals surface area contributed by atoms with Crippen molar-refractivity contribution in [2.24, 2.45) is 63.1 Å². The van der Waals surface area contributed by atoms with Gasteiger partial charge in [-0.3, -0.25) is 9.59 Å². The SMILES string of the molecule is C=C(C)C1CCC2C1C1CCC3[C@@]4(C)CC[C@H](OC(=O)CCN5CCCCC5)C(C)(C)C4CC[C@@]3(C)[C@]1(C)C[C@@H]2COC(=O)CCN1CCCCC1. The molecule has 0 aromatic carbocycles. The molecule has 294 valence electrons. The molecule has 5 aliphatic carbocycles. The number of carbonyl (C=O) groups is 2. The lowest BCUT2D eigenvalue weighted by Gasteiger charge is -2.72. The molecule has 7 fully saturated rings. The number of likely N-dealkylation sites (tertiary alicyclic amines) is 2. The second kappa shape index (κ2) is 15.3. The van der Waals surface area contributed by atoms with Gasteiger partial charge in [-0.2, -0.15) is 0 Å². The summed E-state index contributed by atoms with van der Waals surface area (Å²) in [6.07, 6.45) is 19.7. The highest BCUT2D eigenvalue weighted by atomic mass is 16.5. The Kier molecular flexibility index (Phi) is 11.4. The summed E-state index contributed by atoms with van der Waals surface area (Å²) in [6.45, 7) is 26.6. The van der Waals surface area contributed by atoms with Crippen molar-refractivity contribution in [1.82, 2.24) is 9.80 Å². The summed E-state index contributed by atoms with van der Waals surface area (Å²) < 4.78 is 12.7. The predicted molar refractivity (Wildman–Crippen MR) is 210 cm³/mol.